The van der Waals surface area contributed by atoms with Crippen LogP contribution in [0.3, 0.4) is 0 Å². The van der Waals surface area contributed by atoms with E-state index < -0.39 is 21.4 Å². The first-order chi connectivity index (χ1) is 12.8. The number of hydrogen-bond donors (Lipinski definition) is 2. The Morgan fingerprint density at radius 1 is 1.37 bits per heavy atom. The van der Waals surface area contributed by atoms with E-state index in [1.165, 1.54) is 22.5 Å². The molecule has 1 amide bonds. The maximum atomic E-state index is 13.9. The lowest BCUT2D eigenvalue weighted by Crippen LogP contribution is -3.16. The van der Waals surface area contributed by atoms with Gasteiger partial charge in [0.05, 0.1) is 32.2 Å². The predicted octanol–water partition coefficient (Wildman–Crippen LogP) is -0.477. The minimum absolute atomic E-state index is 0.192. The number of nitriles is 1. The molecule has 1 aliphatic carbocycles. The number of hydrogen-bond acceptors (Lipinski definition) is 4. The smallest absolute Gasteiger partial charge is 0.276 e. The van der Waals surface area contributed by atoms with Crippen LogP contribution in [0.15, 0.2) is 29.2 Å². The molecule has 1 saturated carbocycles. The highest BCUT2D eigenvalue weighted by atomic mass is 32.2. The van der Waals surface area contributed by atoms with E-state index in [4.69, 9.17) is 0 Å². The van der Waals surface area contributed by atoms with E-state index in [-0.39, 0.29) is 36.4 Å². The van der Waals surface area contributed by atoms with Crippen LogP contribution in [0.1, 0.15) is 19.8 Å². The van der Waals surface area contributed by atoms with E-state index in [0.29, 0.717) is 13.1 Å². The van der Waals surface area contributed by atoms with Crippen molar-refractivity contribution in [3.8, 4) is 6.07 Å². The van der Waals surface area contributed by atoms with Gasteiger partial charge in [-0.2, -0.15) is 9.57 Å². The molecule has 1 aromatic carbocycles. The van der Waals surface area contributed by atoms with Crippen molar-refractivity contribution in [2.45, 2.75) is 30.2 Å². The third-order valence-corrected chi connectivity index (χ3v) is 7.25. The minimum atomic E-state index is -3.88. The lowest BCUT2D eigenvalue weighted by atomic mass is 9.98. The number of piperazine rings is 1. The van der Waals surface area contributed by atoms with E-state index in [9.17, 15) is 22.9 Å². The molecule has 146 valence electrons. The number of amides is 1. The maximum Gasteiger partial charge on any atom is 0.276 e. The van der Waals surface area contributed by atoms with Crippen LogP contribution < -0.4 is 10.2 Å². The second-order valence-electron chi connectivity index (χ2n) is 7.40. The average molecular weight is 395 g/mol. The number of carbonyl (C=O) groups is 1. The first-order valence-electron chi connectivity index (χ1n) is 9.07. The number of nitrogens with zero attached hydrogens (tertiary/aromatic N) is 2. The summed E-state index contributed by atoms with van der Waals surface area (Å²) in [6, 6.07) is 7.53. The molecule has 7 nitrogen and oxygen atoms in total. The molecular formula is C18H24FN4O3S+. The van der Waals surface area contributed by atoms with Gasteiger partial charge in [0.1, 0.15) is 16.3 Å². The SMILES string of the molecule is C[C@](C#N)(NC(=O)C[NH+]1CCN(S(=O)(=O)c2ccccc2F)CC1)C1CC1. The molecule has 9 heteroatoms. The molecule has 0 bridgehead atoms. The van der Waals surface area contributed by atoms with Crippen LogP contribution in [0.5, 0.6) is 0 Å². The Balaban J connectivity index is 1.55. The molecule has 1 aromatic rings. The van der Waals surface area contributed by atoms with Crippen molar-refractivity contribution in [2.24, 2.45) is 5.92 Å². The van der Waals surface area contributed by atoms with Gasteiger partial charge >= 0.3 is 0 Å². The van der Waals surface area contributed by atoms with Gasteiger partial charge < -0.3 is 10.2 Å². The maximum absolute atomic E-state index is 13.9. The number of quaternary nitrogens is 1. The second kappa shape index (κ2) is 7.54. The summed E-state index contributed by atoms with van der Waals surface area (Å²) >= 11 is 0. The zero-order valence-electron chi connectivity index (χ0n) is 15.2. The summed E-state index contributed by atoms with van der Waals surface area (Å²) in [5.41, 5.74) is -0.827. The number of rotatable bonds is 6. The Labute approximate surface area is 158 Å². The molecule has 0 spiro atoms. The third-order valence-electron chi connectivity index (χ3n) is 5.32. The Hall–Kier alpha value is -2.02. The largest absolute Gasteiger partial charge is 0.333 e. The number of carbonyl (C=O) groups excluding carboxylic acids is 1. The first-order valence-corrected chi connectivity index (χ1v) is 10.5. The lowest BCUT2D eigenvalue weighted by Gasteiger charge is -2.32. The molecule has 2 N–H and O–H groups in total. The van der Waals surface area contributed by atoms with E-state index in [2.05, 4.69) is 11.4 Å². The molecule has 1 atom stereocenters. The second-order valence-corrected chi connectivity index (χ2v) is 9.30. The van der Waals surface area contributed by atoms with Crippen LogP contribution in [0.2, 0.25) is 0 Å². The summed E-state index contributed by atoms with van der Waals surface area (Å²) in [4.78, 5) is 12.9. The Morgan fingerprint density at radius 3 is 2.56 bits per heavy atom. The molecule has 0 unspecified atom stereocenters. The number of sulfonamides is 1. The molecule has 2 fully saturated rings. The highest BCUT2D eigenvalue weighted by Crippen LogP contribution is 2.39. The summed E-state index contributed by atoms with van der Waals surface area (Å²) in [5, 5.41) is 12.2. The quantitative estimate of drug-likeness (QED) is 0.681. The summed E-state index contributed by atoms with van der Waals surface area (Å²) in [7, 11) is -3.88. The molecule has 2 aliphatic rings. The Morgan fingerprint density at radius 2 is 2.00 bits per heavy atom. The molecule has 0 aromatic heterocycles. The van der Waals surface area contributed by atoms with Crippen molar-refractivity contribution < 1.29 is 22.5 Å². The van der Waals surface area contributed by atoms with Gasteiger partial charge in [-0.05, 0) is 37.8 Å². The van der Waals surface area contributed by atoms with Crippen LogP contribution in [0.25, 0.3) is 0 Å². The van der Waals surface area contributed by atoms with Crippen molar-refractivity contribution in [3.05, 3.63) is 30.1 Å². The molecule has 3 rings (SSSR count). The van der Waals surface area contributed by atoms with Crippen molar-refractivity contribution in [2.75, 3.05) is 32.7 Å². The van der Waals surface area contributed by atoms with Gasteiger partial charge in [0.25, 0.3) is 5.91 Å². The first kappa shape index (κ1) is 19.7. The van der Waals surface area contributed by atoms with Gasteiger partial charge in [-0.3, -0.25) is 4.79 Å². The highest BCUT2D eigenvalue weighted by Gasteiger charge is 2.43. The van der Waals surface area contributed by atoms with Gasteiger partial charge in [0, 0.05) is 0 Å². The Bertz CT molecular complexity index is 858. The monoisotopic (exact) mass is 395 g/mol. The molecule has 27 heavy (non-hydrogen) atoms. The van der Waals surface area contributed by atoms with Crippen LogP contribution in [0, 0.1) is 23.1 Å². The van der Waals surface area contributed by atoms with Crippen molar-refractivity contribution in [1.82, 2.24) is 9.62 Å². The van der Waals surface area contributed by atoms with Crippen LogP contribution >= 0.6 is 0 Å². The van der Waals surface area contributed by atoms with E-state index in [1.54, 1.807) is 6.92 Å². The predicted molar refractivity (Wildman–Crippen MR) is 95.6 cm³/mol. The number of halogens is 1. The zero-order valence-corrected chi connectivity index (χ0v) is 16.1. The number of nitrogens with one attached hydrogen (secondary N) is 2. The molecule has 1 saturated heterocycles. The fraction of sp³-hybridized carbons (Fsp3) is 0.556. The molecular weight excluding hydrogens is 371 g/mol. The van der Waals surface area contributed by atoms with E-state index in [0.717, 1.165) is 23.8 Å². The Kier molecular flexibility index (Phi) is 5.51. The van der Waals surface area contributed by atoms with Gasteiger partial charge in [-0.25, -0.2) is 12.8 Å². The molecule has 1 heterocycles. The minimum Gasteiger partial charge on any atom is -0.333 e. The topological polar surface area (TPSA) is 94.7 Å². The fourth-order valence-electron chi connectivity index (χ4n) is 3.46. The van der Waals surface area contributed by atoms with E-state index in [1.807, 2.05) is 0 Å². The van der Waals surface area contributed by atoms with Gasteiger partial charge in [-0.1, -0.05) is 12.1 Å². The normalized spacial score (nSPS) is 21.2. The van der Waals surface area contributed by atoms with Gasteiger partial charge in [0.15, 0.2) is 6.54 Å². The standard InChI is InChI=1S/C18H23FN4O3S/c1-18(13-20,14-6-7-14)21-17(24)12-22-8-10-23(11-9-22)27(25,26)16-5-3-2-4-15(16)19/h2-5,14H,6-12H2,1H3,(H,21,24)/p+1/t18-/m1/s1. The van der Waals surface area contributed by atoms with Crippen molar-refractivity contribution in [3.63, 3.8) is 0 Å². The summed E-state index contributed by atoms with van der Waals surface area (Å²) in [6.07, 6.45) is 1.90. The summed E-state index contributed by atoms with van der Waals surface area (Å²) in [5.74, 6) is -0.752. The number of benzene rings is 1. The fourth-order valence-corrected chi connectivity index (χ4v) is 4.96. The summed E-state index contributed by atoms with van der Waals surface area (Å²) < 4.78 is 40.3. The van der Waals surface area contributed by atoms with Crippen molar-refractivity contribution in [1.29, 1.82) is 5.26 Å². The zero-order chi connectivity index (χ0) is 19.7. The molecule has 0 radical (unpaired) electrons. The third kappa shape index (κ3) is 4.29. The van der Waals surface area contributed by atoms with Gasteiger partial charge in [-0.15, -0.1) is 0 Å². The van der Waals surface area contributed by atoms with E-state index >= 15 is 0 Å². The van der Waals surface area contributed by atoms with Crippen LogP contribution in [-0.2, 0) is 14.8 Å². The van der Waals surface area contributed by atoms with Crippen LogP contribution in [0.4, 0.5) is 4.39 Å². The molecule has 1 aliphatic heterocycles. The van der Waals surface area contributed by atoms with Gasteiger partial charge in [0.2, 0.25) is 10.0 Å². The summed E-state index contributed by atoms with van der Waals surface area (Å²) in [6.45, 7) is 3.28. The average Bonchev–Trinajstić information content (AvgIpc) is 3.48. The highest BCUT2D eigenvalue weighted by molar-refractivity contribution is 7.89. The van der Waals surface area contributed by atoms with Crippen LogP contribution in [-0.4, -0.2) is 56.9 Å². The lowest BCUT2D eigenvalue weighted by molar-refractivity contribution is -0.895. The van der Waals surface area contributed by atoms with Crippen molar-refractivity contribution >= 4 is 15.9 Å².